The minimum Gasteiger partial charge on any atom is -0.493 e. The van der Waals surface area contributed by atoms with Crippen LogP contribution in [-0.2, 0) is 20.3 Å². The van der Waals surface area contributed by atoms with Crippen molar-refractivity contribution in [3.05, 3.63) is 372 Å². The van der Waals surface area contributed by atoms with E-state index < -0.39 is 10.8 Å². The summed E-state index contributed by atoms with van der Waals surface area (Å²) in [5, 5.41) is 4.61. The van der Waals surface area contributed by atoms with Crippen molar-refractivity contribution >= 4 is 55.7 Å². The zero-order valence-corrected chi connectivity index (χ0v) is 57.0. The first kappa shape index (κ1) is 62.8. The van der Waals surface area contributed by atoms with E-state index in [1.54, 1.807) is 12.1 Å². The van der Waals surface area contributed by atoms with E-state index in [0.29, 0.717) is 51.0 Å². The molecule has 6 nitrogen and oxygen atoms in total. The molecule has 0 spiro atoms. The predicted molar refractivity (Wildman–Crippen MR) is 409 cm³/mol. The molecule has 2 aliphatic heterocycles. The van der Waals surface area contributed by atoms with Gasteiger partial charge in [0.05, 0.1) is 72.7 Å². The van der Waals surface area contributed by atoms with E-state index in [0.717, 1.165) is 135 Å². The molecule has 0 amide bonds. The minimum absolute atomic E-state index is 0.0299. The fraction of sp³-hybridized carbons (Fsp3) is 0.149. The number of rotatable bonds is 19. The number of ether oxygens (including phenoxy) is 4. The number of para-hydroxylation sites is 2. The standard InChI is InChI=1S/C94H74F2N2O4/c1-3-91(57-99-58-91)61-101-77-47-37-69(38-48-77)93(71-35-29-63-17-5-7-19-67(63)53-71)83-23-11-9-21-79(83)81-51-45-75(55-85(81)93)97(89-27-15-13-25-87(89)95)73-41-31-65(32-42-73)66-33-43-74(44-34-66)98(90-28-16-14-26-88(90)96)76-46-52-82-80-22-10-12-24-84(80)94(86(82)56-76,72-36-30-64-18-6-8-20-68(64)54-72)70-39-49-78(50-40-70)102-62-92(4-2)59-100-60-92/h5-56H,3-4,57-62H2,1-2H3. The number of fused-ring (bicyclic) bond motifs is 8. The third-order valence-corrected chi connectivity index (χ3v) is 22.5. The molecule has 0 radical (unpaired) electrons. The Bertz CT molecular complexity index is 5160. The molecule has 14 aromatic carbocycles. The van der Waals surface area contributed by atoms with Crippen LogP contribution in [0.5, 0.6) is 11.5 Å². The summed E-state index contributed by atoms with van der Waals surface area (Å²) in [5.74, 6) is 0.938. The summed E-state index contributed by atoms with van der Waals surface area (Å²) in [6.45, 7) is 8.43. The SMILES string of the molecule is CCC1(COc2ccc(C3(c4ccc5ccccc5c4)c4ccccc4-c4ccc(N(c5ccc(-c6ccc(N(c7ccc8c(c7)C(c7ccc(OCC9(CC)COC9)cc7)(c7ccc9ccccc9c7)c7ccccc7-8)c7ccccc7F)cc6)cc5)c5ccccc5F)cc43)cc2)COC1. The second-order valence-corrected chi connectivity index (χ2v) is 28.2. The lowest BCUT2D eigenvalue weighted by molar-refractivity contribution is -0.133. The van der Waals surface area contributed by atoms with Crippen LogP contribution in [-0.4, -0.2) is 39.6 Å². The lowest BCUT2D eigenvalue weighted by Gasteiger charge is -2.40. The molecular formula is C94H74F2N2O4. The maximum atomic E-state index is 16.8. The van der Waals surface area contributed by atoms with Crippen molar-refractivity contribution in [1.29, 1.82) is 0 Å². The summed E-state index contributed by atoms with van der Waals surface area (Å²) in [7, 11) is 0. The van der Waals surface area contributed by atoms with Crippen LogP contribution in [0.15, 0.2) is 315 Å². The van der Waals surface area contributed by atoms with E-state index in [9.17, 15) is 0 Å². The number of halogens is 2. The van der Waals surface area contributed by atoms with Crippen LogP contribution >= 0.6 is 0 Å². The Morgan fingerprint density at radius 3 is 1.04 bits per heavy atom. The van der Waals surface area contributed by atoms with Gasteiger partial charge in [0.1, 0.15) is 23.1 Å². The number of hydrogen-bond donors (Lipinski definition) is 0. The first-order valence-corrected chi connectivity index (χ1v) is 35.6. The van der Waals surface area contributed by atoms with E-state index in [1.807, 2.05) is 34.1 Å². The van der Waals surface area contributed by atoms with Gasteiger partial charge in [0.25, 0.3) is 0 Å². The minimum atomic E-state index is -0.780. The number of nitrogens with zero attached hydrogens (tertiary/aromatic N) is 2. The number of hydrogen-bond acceptors (Lipinski definition) is 6. The molecule has 2 atom stereocenters. The summed E-state index contributed by atoms with van der Waals surface area (Å²) in [6, 6.07) is 110. The maximum absolute atomic E-state index is 16.8. The molecule has 0 N–H and O–H groups in total. The molecule has 2 saturated heterocycles. The average Bonchev–Trinajstić information content (AvgIpc) is 1.53. The van der Waals surface area contributed by atoms with Crippen LogP contribution in [0, 0.1) is 22.5 Å². The highest BCUT2D eigenvalue weighted by atomic mass is 19.1. The van der Waals surface area contributed by atoms with Crippen LogP contribution in [0.3, 0.4) is 0 Å². The highest BCUT2D eigenvalue weighted by Gasteiger charge is 2.49. The molecular weight excluding hydrogens is 1260 g/mol. The molecule has 18 rings (SSSR count). The number of anilines is 6. The van der Waals surface area contributed by atoms with Gasteiger partial charge in [0, 0.05) is 22.7 Å². The predicted octanol–water partition coefficient (Wildman–Crippen LogP) is 23.2. The van der Waals surface area contributed by atoms with Gasteiger partial charge < -0.3 is 28.7 Å². The van der Waals surface area contributed by atoms with E-state index in [2.05, 4.69) is 281 Å². The van der Waals surface area contributed by atoms with Crippen molar-refractivity contribution in [3.63, 3.8) is 0 Å². The van der Waals surface area contributed by atoms with Crippen molar-refractivity contribution in [2.24, 2.45) is 10.8 Å². The van der Waals surface area contributed by atoms with Gasteiger partial charge in [0.15, 0.2) is 0 Å². The molecule has 2 fully saturated rings. The van der Waals surface area contributed by atoms with Crippen molar-refractivity contribution < 1.29 is 27.7 Å². The fourth-order valence-electron chi connectivity index (χ4n) is 16.6. The third kappa shape index (κ3) is 10.3. The largest absolute Gasteiger partial charge is 0.493 e. The van der Waals surface area contributed by atoms with Crippen LogP contribution in [0.1, 0.15) is 71.2 Å². The topological polar surface area (TPSA) is 43.4 Å². The van der Waals surface area contributed by atoms with E-state index in [1.165, 1.54) is 23.3 Å². The molecule has 0 aromatic heterocycles. The Morgan fingerprint density at radius 1 is 0.314 bits per heavy atom. The van der Waals surface area contributed by atoms with Gasteiger partial charge in [-0.3, -0.25) is 0 Å². The Morgan fingerprint density at radius 2 is 0.657 bits per heavy atom. The van der Waals surface area contributed by atoms with E-state index in [4.69, 9.17) is 18.9 Å². The van der Waals surface area contributed by atoms with Crippen LogP contribution < -0.4 is 19.3 Å². The molecule has 2 unspecified atom stereocenters. The Labute approximate surface area is 594 Å². The van der Waals surface area contributed by atoms with Gasteiger partial charge in [-0.25, -0.2) is 8.78 Å². The summed E-state index contributed by atoms with van der Waals surface area (Å²) in [5.41, 5.74) is 17.9. The summed E-state index contributed by atoms with van der Waals surface area (Å²) in [4.78, 5) is 4.07. The quantitative estimate of drug-likeness (QED) is 0.0804. The lowest BCUT2D eigenvalue weighted by Crippen LogP contribution is -2.46. The van der Waals surface area contributed by atoms with Crippen molar-refractivity contribution in [2.75, 3.05) is 49.4 Å². The van der Waals surface area contributed by atoms with Crippen molar-refractivity contribution in [1.82, 2.24) is 0 Å². The lowest BCUT2D eigenvalue weighted by atomic mass is 9.67. The van der Waals surface area contributed by atoms with Gasteiger partial charge in [-0.2, -0.15) is 0 Å². The van der Waals surface area contributed by atoms with E-state index in [-0.39, 0.29) is 22.5 Å². The highest BCUT2D eigenvalue weighted by Crippen LogP contribution is 2.60. The molecule has 0 saturated carbocycles. The first-order chi connectivity index (χ1) is 50.2. The van der Waals surface area contributed by atoms with Gasteiger partial charge >= 0.3 is 0 Å². The summed E-state index contributed by atoms with van der Waals surface area (Å²) in [6.07, 6.45) is 1.98. The fourth-order valence-corrected chi connectivity index (χ4v) is 16.6. The maximum Gasteiger partial charge on any atom is 0.147 e. The molecule has 0 bridgehead atoms. The Balaban J connectivity index is 0.720. The first-order valence-electron chi connectivity index (χ1n) is 35.6. The monoisotopic (exact) mass is 1330 g/mol. The Hall–Kier alpha value is -11.4. The summed E-state index contributed by atoms with van der Waals surface area (Å²) < 4.78 is 58.1. The van der Waals surface area contributed by atoms with Crippen LogP contribution in [0.2, 0.25) is 0 Å². The molecule has 4 aliphatic rings. The van der Waals surface area contributed by atoms with Gasteiger partial charge in [-0.15, -0.1) is 0 Å². The zero-order valence-electron chi connectivity index (χ0n) is 57.0. The smallest absolute Gasteiger partial charge is 0.147 e. The molecule has 102 heavy (non-hydrogen) atoms. The normalized spacial score (nSPS) is 17.2. The van der Waals surface area contributed by atoms with Crippen LogP contribution in [0.4, 0.5) is 42.9 Å². The highest BCUT2D eigenvalue weighted by molar-refractivity contribution is 5.94. The summed E-state index contributed by atoms with van der Waals surface area (Å²) >= 11 is 0. The molecule has 14 aromatic rings. The molecule has 498 valence electrons. The van der Waals surface area contributed by atoms with Gasteiger partial charge in [-0.1, -0.05) is 220 Å². The molecule has 2 aliphatic carbocycles. The van der Waals surface area contributed by atoms with E-state index >= 15 is 8.78 Å². The van der Waals surface area contributed by atoms with Gasteiger partial charge in [0.2, 0.25) is 0 Å². The second kappa shape index (κ2) is 25.3. The molecule has 8 heteroatoms. The van der Waals surface area contributed by atoms with Crippen molar-refractivity contribution in [2.45, 2.75) is 37.5 Å². The molecule has 2 heterocycles. The number of benzene rings is 14. The third-order valence-electron chi connectivity index (χ3n) is 22.5. The van der Waals surface area contributed by atoms with Gasteiger partial charge in [-0.05, 0) is 221 Å². The zero-order chi connectivity index (χ0) is 68.6. The average molecular weight is 1330 g/mol. The van der Waals surface area contributed by atoms with Crippen molar-refractivity contribution in [3.8, 4) is 44.9 Å². The second-order valence-electron chi connectivity index (χ2n) is 28.2. The Kier molecular flexibility index (Phi) is 15.6. The van der Waals surface area contributed by atoms with Crippen LogP contribution in [0.25, 0.3) is 54.9 Å².